The number of ether oxygens (including phenoxy) is 1. The van der Waals surface area contributed by atoms with Crippen LogP contribution in [0.2, 0.25) is 0 Å². The molecule has 0 saturated carbocycles. The molecule has 6 unspecified atom stereocenters. The lowest BCUT2D eigenvalue weighted by Crippen LogP contribution is -2.61. The van der Waals surface area contributed by atoms with Gasteiger partial charge >= 0.3 is 0 Å². The second kappa shape index (κ2) is 6.23. The van der Waals surface area contributed by atoms with Crippen LogP contribution in [0.15, 0.2) is 17.6 Å². The number of aliphatic hydroxyl groups is 3. The highest BCUT2D eigenvalue weighted by Gasteiger charge is 2.50. The van der Waals surface area contributed by atoms with Crippen molar-refractivity contribution >= 4 is 16.9 Å². The molecule has 0 spiro atoms. The maximum Gasteiger partial charge on any atom is 0.159 e. The molecule has 2 heterocycles. The van der Waals surface area contributed by atoms with Crippen molar-refractivity contribution in [1.29, 1.82) is 0 Å². The number of rotatable bonds is 4. The number of thioether (sulfide) groups is 1. The van der Waals surface area contributed by atoms with Gasteiger partial charge in [-0.3, -0.25) is 4.99 Å². The molecule has 2 fully saturated rings. The number of fused-ring (bicyclic) bond motifs is 1. The fourth-order valence-electron chi connectivity index (χ4n) is 2.14. The van der Waals surface area contributed by atoms with E-state index >= 15 is 0 Å². The van der Waals surface area contributed by atoms with Gasteiger partial charge in [-0.05, 0) is 6.42 Å². The molecule has 0 amide bonds. The molecule has 2 saturated heterocycles. The van der Waals surface area contributed by atoms with Crippen LogP contribution < -0.4 is 5.32 Å². The lowest BCUT2D eigenvalue weighted by Gasteiger charge is -2.40. The number of aliphatic hydroxyl groups excluding tert-OH is 3. The standard InChI is InChI=1S/C12H20N2O4S/c1-3-5-13-12-14-7-8(16)9(17)10(6(15)4-2)18-11(7)19-12/h4,6-11,15-17H,2-3,5H2,1H3,(H,13,14). The zero-order valence-electron chi connectivity index (χ0n) is 10.8. The minimum atomic E-state index is -1.16. The third-order valence-corrected chi connectivity index (χ3v) is 4.32. The highest BCUT2D eigenvalue weighted by molar-refractivity contribution is 8.14. The summed E-state index contributed by atoms with van der Waals surface area (Å²) in [5.74, 6) is 0. The second-order valence-electron chi connectivity index (χ2n) is 4.65. The van der Waals surface area contributed by atoms with Crippen molar-refractivity contribution in [2.24, 2.45) is 4.99 Å². The van der Waals surface area contributed by atoms with Crippen LogP contribution in [0.3, 0.4) is 0 Å². The minimum absolute atomic E-state index is 0.367. The van der Waals surface area contributed by atoms with Crippen LogP contribution in [-0.4, -0.2) is 62.9 Å². The molecular weight excluding hydrogens is 268 g/mol. The third kappa shape index (κ3) is 2.95. The molecule has 0 radical (unpaired) electrons. The minimum Gasteiger partial charge on any atom is -0.388 e. The van der Waals surface area contributed by atoms with Gasteiger partial charge in [0, 0.05) is 6.54 Å². The van der Waals surface area contributed by atoms with Crippen molar-refractivity contribution in [2.75, 3.05) is 6.54 Å². The Hall–Kier alpha value is -0.600. The average Bonchev–Trinajstić information content (AvgIpc) is 2.82. The van der Waals surface area contributed by atoms with Crippen LogP contribution in [0.25, 0.3) is 0 Å². The molecule has 2 aliphatic rings. The molecule has 4 N–H and O–H groups in total. The van der Waals surface area contributed by atoms with Crippen LogP contribution >= 0.6 is 11.8 Å². The quantitative estimate of drug-likeness (QED) is 0.519. The largest absolute Gasteiger partial charge is 0.388 e. The van der Waals surface area contributed by atoms with E-state index in [1.807, 2.05) is 6.92 Å². The lowest BCUT2D eigenvalue weighted by atomic mass is 9.95. The number of hydrogen-bond acceptors (Lipinski definition) is 6. The van der Waals surface area contributed by atoms with Gasteiger partial charge in [0.15, 0.2) is 5.17 Å². The molecule has 7 heteroatoms. The van der Waals surface area contributed by atoms with E-state index in [0.717, 1.165) is 6.42 Å². The van der Waals surface area contributed by atoms with Crippen molar-refractivity contribution in [3.05, 3.63) is 12.7 Å². The van der Waals surface area contributed by atoms with E-state index in [1.54, 1.807) is 0 Å². The molecule has 2 aliphatic heterocycles. The zero-order valence-corrected chi connectivity index (χ0v) is 11.6. The van der Waals surface area contributed by atoms with E-state index in [2.05, 4.69) is 16.9 Å². The molecule has 2 rings (SSSR count). The smallest absolute Gasteiger partial charge is 0.159 e. The number of amidine groups is 1. The Morgan fingerprint density at radius 2 is 2.26 bits per heavy atom. The van der Waals surface area contributed by atoms with E-state index in [4.69, 9.17) is 4.74 Å². The summed E-state index contributed by atoms with van der Waals surface area (Å²) in [6, 6.07) is -0.413. The number of aliphatic imine (C=N–C) groups is 1. The van der Waals surface area contributed by atoms with Crippen molar-refractivity contribution < 1.29 is 20.1 Å². The molecule has 0 aromatic rings. The molecule has 6 nitrogen and oxygen atoms in total. The van der Waals surface area contributed by atoms with E-state index in [9.17, 15) is 15.3 Å². The summed E-state index contributed by atoms with van der Waals surface area (Å²) in [7, 11) is 0. The first kappa shape index (κ1) is 14.8. The highest BCUT2D eigenvalue weighted by Crippen LogP contribution is 2.34. The van der Waals surface area contributed by atoms with Gasteiger partial charge in [-0.25, -0.2) is 0 Å². The van der Waals surface area contributed by atoms with Crippen LogP contribution in [0.5, 0.6) is 0 Å². The first-order valence-corrected chi connectivity index (χ1v) is 7.26. The number of nitrogens with zero attached hydrogens (tertiary/aromatic N) is 1. The topological polar surface area (TPSA) is 94.3 Å². The Morgan fingerprint density at radius 1 is 1.53 bits per heavy atom. The third-order valence-electron chi connectivity index (χ3n) is 3.21. The Bertz CT molecular complexity index is 366. The first-order valence-electron chi connectivity index (χ1n) is 6.38. The Morgan fingerprint density at radius 3 is 2.89 bits per heavy atom. The monoisotopic (exact) mass is 288 g/mol. The first-order chi connectivity index (χ1) is 9.08. The van der Waals surface area contributed by atoms with Crippen LogP contribution in [-0.2, 0) is 4.74 Å². The number of nitrogens with one attached hydrogen (secondary N) is 1. The van der Waals surface area contributed by atoms with Crippen molar-refractivity contribution in [3.63, 3.8) is 0 Å². The summed E-state index contributed by atoms with van der Waals surface area (Å²) < 4.78 is 5.64. The predicted molar refractivity (Wildman–Crippen MR) is 74.0 cm³/mol. The average molecular weight is 288 g/mol. The van der Waals surface area contributed by atoms with E-state index in [0.29, 0.717) is 11.7 Å². The van der Waals surface area contributed by atoms with Crippen LogP contribution in [0.1, 0.15) is 13.3 Å². The molecular formula is C12H20N2O4S. The van der Waals surface area contributed by atoms with E-state index in [-0.39, 0.29) is 5.44 Å². The van der Waals surface area contributed by atoms with Crippen molar-refractivity contribution in [3.8, 4) is 0 Å². The summed E-state index contributed by atoms with van der Waals surface area (Å²) in [4.78, 5) is 4.33. The maximum absolute atomic E-state index is 10.1. The van der Waals surface area contributed by atoms with Crippen molar-refractivity contribution in [1.82, 2.24) is 5.32 Å². The summed E-state index contributed by atoms with van der Waals surface area (Å²) in [5, 5.41) is 33.6. The molecule has 6 atom stereocenters. The van der Waals surface area contributed by atoms with Gasteiger partial charge in [-0.1, -0.05) is 24.8 Å². The molecule has 0 aliphatic carbocycles. The number of hydrogen-bond donors (Lipinski definition) is 4. The van der Waals surface area contributed by atoms with Gasteiger partial charge < -0.3 is 25.4 Å². The van der Waals surface area contributed by atoms with E-state index in [1.165, 1.54) is 17.8 Å². The summed E-state index contributed by atoms with van der Waals surface area (Å²) in [6.07, 6.45) is -1.82. The molecule has 0 aromatic heterocycles. The van der Waals surface area contributed by atoms with Gasteiger partial charge in [-0.2, -0.15) is 0 Å². The van der Waals surface area contributed by atoms with Gasteiger partial charge in [-0.15, -0.1) is 6.58 Å². The van der Waals surface area contributed by atoms with Crippen molar-refractivity contribution in [2.45, 2.75) is 49.2 Å². The van der Waals surface area contributed by atoms with Gasteiger partial charge in [0.05, 0.1) is 6.04 Å². The van der Waals surface area contributed by atoms with Gasteiger partial charge in [0.2, 0.25) is 0 Å². The Balaban J connectivity index is 2.09. The second-order valence-corrected chi connectivity index (χ2v) is 5.74. The summed E-state index contributed by atoms with van der Waals surface area (Å²) >= 11 is 1.37. The molecule has 0 aromatic carbocycles. The summed E-state index contributed by atoms with van der Waals surface area (Å²) in [6.45, 7) is 6.20. The Labute approximate surface area is 116 Å². The fraction of sp³-hybridized carbons (Fsp3) is 0.750. The van der Waals surface area contributed by atoms with Gasteiger partial charge in [0.25, 0.3) is 0 Å². The van der Waals surface area contributed by atoms with Crippen LogP contribution in [0, 0.1) is 0 Å². The SMILES string of the molecule is C=CC(O)C1OC2SC(=NCCC)NC2C(O)C1O. The van der Waals surface area contributed by atoms with Crippen LogP contribution in [0.4, 0.5) is 0 Å². The predicted octanol–water partition coefficient (Wildman–Crippen LogP) is -0.549. The summed E-state index contributed by atoms with van der Waals surface area (Å²) in [5.41, 5.74) is -0.367. The Kier molecular flexibility index (Phi) is 4.86. The highest BCUT2D eigenvalue weighted by atomic mass is 32.2. The maximum atomic E-state index is 10.1. The van der Waals surface area contributed by atoms with E-state index < -0.39 is 30.5 Å². The molecule has 108 valence electrons. The fourth-order valence-corrected chi connectivity index (χ4v) is 3.29. The zero-order chi connectivity index (χ0) is 14.0. The molecule has 19 heavy (non-hydrogen) atoms. The lowest BCUT2D eigenvalue weighted by molar-refractivity contribution is -0.179. The van der Waals surface area contributed by atoms with Gasteiger partial charge in [0.1, 0.15) is 29.9 Å². The molecule has 0 bridgehead atoms. The normalized spacial score (nSPS) is 41.7.